The Balaban J connectivity index is 1.32. The minimum absolute atomic E-state index is 0.735. The van der Waals surface area contributed by atoms with Gasteiger partial charge in [-0.15, -0.1) is 0 Å². The van der Waals surface area contributed by atoms with Crippen LogP contribution in [0.2, 0.25) is 0 Å². The molecule has 0 radical (unpaired) electrons. The fourth-order valence-electron chi connectivity index (χ4n) is 4.21. The molecule has 1 saturated heterocycles. The first-order valence-electron chi connectivity index (χ1n) is 9.21. The van der Waals surface area contributed by atoms with E-state index in [1.54, 1.807) is 11.1 Å². The Morgan fingerprint density at radius 1 is 1.08 bits per heavy atom. The zero-order chi connectivity index (χ0) is 16.5. The highest BCUT2D eigenvalue weighted by molar-refractivity contribution is 5.30. The summed E-state index contributed by atoms with van der Waals surface area (Å²) in [7, 11) is 2.07. The van der Waals surface area contributed by atoms with Crippen molar-refractivity contribution >= 4 is 0 Å². The second-order valence-electron chi connectivity index (χ2n) is 7.37. The van der Waals surface area contributed by atoms with Crippen LogP contribution in [0.3, 0.4) is 0 Å². The van der Waals surface area contributed by atoms with E-state index in [4.69, 9.17) is 0 Å². The number of hydrogen-bond acceptors (Lipinski definition) is 3. The summed E-state index contributed by atoms with van der Waals surface area (Å²) < 4.78 is 2.12. The topological polar surface area (TPSA) is 24.3 Å². The van der Waals surface area contributed by atoms with Gasteiger partial charge in [-0.1, -0.05) is 24.3 Å². The second-order valence-corrected chi connectivity index (χ2v) is 7.37. The minimum atomic E-state index is 0.735. The van der Waals surface area contributed by atoms with Crippen molar-refractivity contribution in [1.82, 2.24) is 19.4 Å². The standard InChI is InChI=1S/C20H28N4/c1-16-21-19(14-22(16)2)15-23-9-11-24(12-10-23)20-8-7-17-5-3-4-6-18(17)13-20/h3-6,14,20H,7-13,15H2,1-2H3. The summed E-state index contributed by atoms with van der Waals surface area (Å²) in [6.45, 7) is 7.77. The predicted octanol–water partition coefficient (Wildman–Crippen LogP) is 2.40. The molecule has 24 heavy (non-hydrogen) atoms. The van der Waals surface area contributed by atoms with Gasteiger partial charge >= 0.3 is 0 Å². The first-order chi connectivity index (χ1) is 11.7. The summed E-state index contributed by atoms with van der Waals surface area (Å²) in [5.41, 5.74) is 4.34. The molecule has 1 aromatic heterocycles. The van der Waals surface area contributed by atoms with Gasteiger partial charge in [0, 0.05) is 52.0 Å². The van der Waals surface area contributed by atoms with E-state index < -0.39 is 0 Å². The number of hydrogen-bond donors (Lipinski definition) is 0. The zero-order valence-corrected chi connectivity index (χ0v) is 14.9. The predicted molar refractivity (Wildman–Crippen MR) is 97.1 cm³/mol. The number of piperazine rings is 1. The number of fused-ring (bicyclic) bond motifs is 1. The average Bonchev–Trinajstić information content (AvgIpc) is 2.92. The highest BCUT2D eigenvalue weighted by Gasteiger charge is 2.27. The number of benzene rings is 1. The van der Waals surface area contributed by atoms with E-state index >= 15 is 0 Å². The van der Waals surface area contributed by atoms with Crippen molar-refractivity contribution in [2.75, 3.05) is 26.2 Å². The summed E-state index contributed by atoms with van der Waals surface area (Å²) in [4.78, 5) is 9.91. The first-order valence-corrected chi connectivity index (χ1v) is 9.21. The molecule has 4 heteroatoms. The van der Waals surface area contributed by atoms with Crippen LogP contribution in [0.4, 0.5) is 0 Å². The smallest absolute Gasteiger partial charge is 0.105 e. The highest BCUT2D eigenvalue weighted by Crippen LogP contribution is 2.25. The molecule has 1 aliphatic heterocycles. The summed E-state index contributed by atoms with van der Waals surface area (Å²) in [6, 6.07) is 9.73. The molecule has 1 atom stereocenters. The number of aromatic nitrogens is 2. The van der Waals surface area contributed by atoms with Gasteiger partial charge in [0.1, 0.15) is 5.82 Å². The van der Waals surface area contributed by atoms with Crippen molar-refractivity contribution in [3.8, 4) is 0 Å². The Bertz CT molecular complexity index is 678. The quantitative estimate of drug-likeness (QED) is 0.866. The molecule has 2 heterocycles. The fraction of sp³-hybridized carbons (Fsp3) is 0.550. The molecule has 2 aromatic rings. The molecule has 0 N–H and O–H groups in total. The van der Waals surface area contributed by atoms with Crippen molar-refractivity contribution in [2.24, 2.45) is 7.05 Å². The summed E-state index contributed by atoms with van der Waals surface area (Å²) in [6.07, 6.45) is 5.96. The third-order valence-electron chi connectivity index (χ3n) is 5.79. The Labute approximate surface area is 145 Å². The van der Waals surface area contributed by atoms with Gasteiger partial charge in [0.05, 0.1) is 5.69 Å². The van der Waals surface area contributed by atoms with Gasteiger partial charge in [-0.3, -0.25) is 9.80 Å². The van der Waals surface area contributed by atoms with Crippen molar-refractivity contribution in [2.45, 2.75) is 38.8 Å². The van der Waals surface area contributed by atoms with Crippen molar-refractivity contribution in [3.05, 3.63) is 53.1 Å². The molecule has 128 valence electrons. The molecule has 2 aliphatic rings. The zero-order valence-electron chi connectivity index (χ0n) is 14.9. The van der Waals surface area contributed by atoms with Crippen LogP contribution in [-0.4, -0.2) is 51.6 Å². The number of imidazole rings is 1. The third-order valence-corrected chi connectivity index (χ3v) is 5.79. The van der Waals surface area contributed by atoms with Gasteiger partial charge in [0.25, 0.3) is 0 Å². The molecule has 1 aromatic carbocycles. The fourth-order valence-corrected chi connectivity index (χ4v) is 4.21. The summed E-state index contributed by atoms with van der Waals surface area (Å²) in [5.74, 6) is 1.10. The lowest BCUT2D eigenvalue weighted by Gasteiger charge is -2.41. The van der Waals surface area contributed by atoms with Gasteiger partial charge < -0.3 is 4.57 Å². The van der Waals surface area contributed by atoms with Crippen LogP contribution in [-0.2, 0) is 26.4 Å². The SMILES string of the molecule is Cc1nc(CN2CCN(C3CCc4ccccc4C3)CC2)cn1C. The number of aryl methyl sites for hydroxylation is 3. The summed E-state index contributed by atoms with van der Waals surface area (Å²) in [5, 5.41) is 0. The van der Waals surface area contributed by atoms with E-state index in [2.05, 4.69) is 63.8 Å². The Kier molecular flexibility index (Phi) is 4.42. The maximum Gasteiger partial charge on any atom is 0.105 e. The number of nitrogens with zero attached hydrogens (tertiary/aromatic N) is 4. The first kappa shape index (κ1) is 15.9. The van der Waals surface area contributed by atoms with Crippen LogP contribution < -0.4 is 0 Å². The summed E-state index contributed by atoms with van der Waals surface area (Å²) >= 11 is 0. The monoisotopic (exact) mass is 324 g/mol. The van der Waals surface area contributed by atoms with Gasteiger partial charge in [0.2, 0.25) is 0 Å². The largest absolute Gasteiger partial charge is 0.338 e. The van der Waals surface area contributed by atoms with Crippen molar-refractivity contribution < 1.29 is 0 Å². The number of rotatable bonds is 3. The van der Waals surface area contributed by atoms with Crippen LogP contribution >= 0.6 is 0 Å². The molecule has 1 fully saturated rings. The third kappa shape index (κ3) is 3.26. The van der Waals surface area contributed by atoms with Gasteiger partial charge in [-0.25, -0.2) is 4.98 Å². The van der Waals surface area contributed by atoms with E-state index in [0.29, 0.717) is 0 Å². The van der Waals surface area contributed by atoms with Crippen molar-refractivity contribution in [3.63, 3.8) is 0 Å². The van der Waals surface area contributed by atoms with Gasteiger partial charge in [0.15, 0.2) is 0 Å². The lowest BCUT2D eigenvalue weighted by atomic mass is 9.87. The molecule has 4 nitrogen and oxygen atoms in total. The van der Waals surface area contributed by atoms with Crippen LogP contribution in [0.5, 0.6) is 0 Å². The lowest BCUT2D eigenvalue weighted by Crippen LogP contribution is -2.51. The Morgan fingerprint density at radius 2 is 1.83 bits per heavy atom. The van der Waals surface area contributed by atoms with Crippen LogP contribution in [0.15, 0.2) is 30.5 Å². The lowest BCUT2D eigenvalue weighted by molar-refractivity contribution is 0.0850. The van der Waals surface area contributed by atoms with Crippen molar-refractivity contribution in [1.29, 1.82) is 0 Å². The molecular formula is C20H28N4. The molecule has 0 bridgehead atoms. The van der Waals surface area contributed by atoms with E-state index in [1.165, 1.54) is 38.0 Å². The molecule has 0 spiro atoms. The normalized spacial score (nSPS) is 22.5. The molecule has 4 rings (SSSR count). The average molecular weight is 324 g/mol. The van der Waals surface area contributed by atoms with Gasteiger partial charge in [-0.05, 0) is 37.3 Å². The Hall–Kier alpha value is -1.65. The second kappa shape index (κ2) is 6.69. The van der Waals surface area contributed by atoms with E-state index in [1.807, 2.05) is 0 Å². The van der Waals surface area contributed by atoms with Crippen LogP contribution in [0, 0.1) is 6.92 Å². The van der Waals surface area contributed by atoms with E-state index in [-0.39, 0.29) is 0 Å². The molecular weight excluding hydrogens is 296 g/mol. The maximum absolute atomic E-state index is 4.65. The maximum atomic E-state index is 4.65. The van der Waals surface area contributed by atoms with Crippen LogP contribution in [0.25, 0.3) is 0 Å². The Morgan fingerprint density at radius 3 is 2.54 bits per heavy atom. The van der Waals surface area contributed by atoms with Gasteiger partial charge in [-0.2, -0.15) is 0 Å². The minimum Gasteiger partial charge on any atom is -0.338 e. The highest BCUT2D eigenvalue weighted by atomic mass is 15.3. The molecule has 1 aliphatic carbocycles. The van der Waals surface area contributed by atoms with E-state index in [9.17, 15) is 0 Å². The van der Waals surface area contributed by atoms with E-state index in [0.717, 1.165) is 31.5 Å². The molecule has 1 unspecified atom stereocenters. The van der Waals surface area contributed by atoms with Crippen LogP contribution in [0.1, 0.15) is 29.1 Å². The molecule has 0 saturated carbocycles. The molecule has 0 amide bonds.